The number of fused-ring (bicyclic) bond motifs is 1. The van der Waals surface area contributed by atoms with Gasteiger partial charge in [-0.25, -0.2) is 4.79 Å². The number of amides is 2. The molecule has 2 N–H and O–H groups in total. The Morgan fingerprint density at radius 1 is 1.33 bits per heavy atom. The second-order valence-electron chi connectivity index (χ2n) is 4.31. The van der Waals surface area contributed by atoms with E-state index >= 15 is 0 Å². The molecule has 1 aromatic carbocycles. The van der Waals surface area contributed by atoms with Crippen molar-refractivity contribution >= 4 is 17.7 Å². The van der Waals surface area contributed by atoms with Crippen LogP contribution in [0.1, 0.15) is 0 Å². The van der Waals surface area contributed by atoms with Crippen molar-refractivity contribution in [1.29, 1.82) is 0 Å². The smallest absolute Gasteiger partial charge is 0.405 e. The van der Waals surface area contributed by atoms with E-state index < -0.39 is 18.1 Å². The van der Waals surface area contributed by atoms with Gasteiger partial charge in [-0.1, -0.05) is 0 Å². The Labute approximate surface area is 121 Å². The van der Waals surface area contributed by atoms with E-state index in [1.54, 1.807) is 19.2 Å². The van der Waals surface area contributed by atoms with Gasteiger partial charge in [0.2, 0.25) is 6.10 Å². The summed E-state index contributed by atoms with van der Waals surface area (Å²) in [6.07, 6.45) is -2.14. The molecule has 0 unspecified atom stereocenters. The van der Waals surface area contributed by atoms with Gasteiger partial charge in [0.1, 0.15) is 12.4 Å². The van der Waals surface area contributed by atoms with E-state index in [0.717, 1.165) is 0 Å². The highest BCUT2D eigenvalue weighted by Gasteiger charge is 2.32. The minimum atomic E-state index is -1.10. The Bertz CT molecular complexity index is 574. The molecular formula is C13H16N2O6. The van der Waals surface area contributed by atoms with Crippen LogP contribution in [0, 0.1) is 0 Å². The lowest BCUT2D eigenvalue weighted by Crippen LogP contribution is -2.41. The molecule has 0 bridgehead atoms. The third kappa shape index (κ3) is 2.78. The molecule has 1 aliphatic rings. The molecule has 21 heavy (non-hydrogen) atoms. The normalized spacial score (nSPS) is 17.4. The van der Waals surface area contributed by atoms with Crippen LogP contribution >= 0.6 is 0 Å². The zero-order valence-corrected chi connectivity index (χ0v) is 11.9. The van der Waals surface area contributed by atoms with Gasteiger partial charge in [-0.3, -0.25) is 4.79 Å². The highest BCUT2D eigenvalue weighted by Crippen LogP contribution is 2.40. The molecule has 2 amide bonds. The average molecular weight is 296 g/mol. The molecule has 0 fully saturated rings. The van der Waals surface area contributed by atoms with Crippen molar-refractivity contribution in [3.8, 4) is 17.2 Å². The van der Waals surface area contributed by atoms with Crippen LogP contribution in [0.15, 0.2) is 12.1 Å². The maximum atomic E-state index is 12.2. The summed E-state index contributed by atoms with van der Waals surface area (Å²) >= 11 is 0. The first-order valence-electron chi connectivity index (χ1n) is 6.10. The number of ether oxygens (including phenoxy) is 4. The van der Waals surface area contributed by atoms with Gasteiger partial charge in [0.05, 0.1) is 19.9 Å². The van der Waals surface area contributed by atoms with Crippen molar-refractivity contribution in [3.63, 3.8) is 0 Å². The molecule has 8 heteroatoms. The molecular weight excluding hydrogens is 280 g/mol. The molecule has 0 aliphatic carbocycles. The van der Waals surface area contributed by atoms with Gasteiger partial charge in [0.25, 0.3) is 5.91 Å². The molecule has 0 saturated carbocycles. The molecule has 1 atom stereocenters. The van der Waals surface area contributed by atoms with Crippen LogP contribution in [0.5, 0.6) is 17.2 Å². The van der Waals surface area contributed by atoms with E-state index in [1.165, 1.54) is 19.1 Å². The van der Waals surface area contributed by atoms with Crippen molar-refractivity contribution in [2.75, 3.05) is 32.8 Å². The van der Waals surface area contributed by atoms with Gasteiger partial charge in [0, 0.05) is 19.2 Å². The van der Waals surface area contributed by atoms with Crippen molar-refractivity contribution in [2.45, 2.75) is 6.10 Å². The summed E-state index contributed by atoms with van der Waals surface area (Å²) in [6.45, 7) is -0.130. The fourth-order valence-corrected chi connectivity index (χ4v) is 2.02. The van der Waals surface area contributed by atoms with E-state index in [-0.39, 0.29) is 6.61 Å². The van der Waals surface area contributed by atoms with Gasteiger partial charge in [0.15, 0.2) is 11.5 Å². The first kappa shape index (κ1) is 14.8. The summed E-state index contributed by atoms with van der Waals surface area (Å²) in [6, 6.07) is 3.21. The molecule has 2 rings (SSSR count). The van der Waals surface area contributed by atoms with E-state index in [4.69, 9.17) is 24.7 Å². The number of methoxy groups -OCH3 is 2. The molecule has 8 nitrogen and oxygen atoms in total. The number of hydrogen-bond acceptors (Lipinski definition) is 6. The maximum Gasteiger partial charge on any atom is 0.405 e. The van der Waals surface area contributed by atoms with Crippen LogP contribution in [0.4, 0.5) is 10.5 Å². The van der Waals surface area contributed by atoms with Crippen LogP contribution in [0.2, 0.25) is 0 Å². The van der Waals surface area contributed by atoms with E-state index in [9.17, 15) is 9.59 Å². The van der Waals surface area contributed by atoms with Gasteiger partial charge in [-0.05, 0) is 0 Å². The standard InChI is InChI=1S/C13H16N2O6/c1-15-7-4-9(18-2)10(19-3)5-8(7)20-6-11(12(15)16)21-13(14)17/h4-5,11H,6H2,1-3H3,(H2,14,17)/t11-/m0/s1. The van der Waals surface area contributed by atoms with Crippen LogP contribution in [-0.2, 0) is 9.53 Å². The second-order valence-corrected chi connectivity index (χ2v) is 4.31. The lowest BCUT2D eigenvalue weighted by molar-refractivity contribution is -0.127. The third-order valence-corrected chi connectivity index (χ3v) is 3.08. The van der Waals surface area contributed by atoms with Crippen molar-refractivity contribution in [2.24, 2.45) is 5.73 Å². The number of hydrogen-bond donors (Lipinski definition) is 1. The molecule has 1 aliphatic heterocycles. The van der Waals surface area contributed by atoms with Gasteiger partial charge >= 0.3 is 6.09 Å². The van der Waals surface area contributed by atoms with E-state index in [0.29, 0.717) is 22.9 Å². The minimum absolute atomic E-state index is 0.130. The van der Waals surface area contributed by atoms with Crippen LogP contribution in [0.25, 0.3) is 0 Å². The van der Waals surface area contributed by atoms with Gasteiger partial charge in [-0.15, -0.1) is 0 Å². The lowest BCUT2D eigenvalue weighted by Gasteiger charge is -2.20. The predicted octanol–water partition coefficient (Wildman–Crippen LogP) is 0.523. The Balaban J connectivity index is 2.41. The first-order chi connectivity index (χ1) is 9.97. The SMILES string of the molecule is COc1cc2c(cc1OC)N(C)C(=O)[C@@H](OC(N)=O)CO2. The van der Waals surface area contributed by atoms with Crippen molar-refractivity contribution < 1.29 is 28.5 Å². The zero-order valence-electron chi connectivity index (χ0n) is 11.9. The third-order valence-electron chi connectivity index (χ3n) is 3.08. The molecule has 114 valence electrons. The molecule has 0 saturated heterocycles. The molecule has 0 spiro atoms. The molecule has 1 heterocycles. The summed E-state index contributed by atoms with van der Waals surface area (Å²) in [5.41, 5.74) is 5.43. The molecule has 0 radical (unpaired) electrons. The van der Waals surface area contributed by atoms with Crippen molar-refractivity contribution in [1.82, 2.24) is 0 Å². The average Bonchev–Trinajstić information content (AvgIpc) is 2.58. The van der Waals surface area contributed by atoms with Crippen LogP contribution in [-0.4, -0.2) is 46.0 Å². The summed E-state index contributed by atoms with van der Waals surface area (Å²) < 4.78 is 20.6. The monoisotopic (exact) mass is 296 g/mol. The van der Waals surface area contributed by atoms with Crippen LogP contribution < -0.4 is 24.8 Å². The number of primary amides is 1. The second kappa shape index (κ2) is 5.78. The zero-order chi connectivity index (χ0) is 15.6. The molecule has 1 aromatic rings. The Kier molecular flexibility index (Phi) is 4.06. The highest BCUT2D eigenvalue weighted by molar-refractivity contribution is 5.99. The summed E-state index contributed by atoms with van der Waals surface area (Å²) in [5, 5.41) is 0. The fourth-order valence-electron chi connectivity index (χ4n) is 2.02. The quantitative estimate of drug-likeness (QED) is 0.873. The number of benzene rings is 1. The van der Waals surface area contributed by atoms with Gasteiger partial charge < -0.3 is 29.6 Å². The van der Waals surface area contributed by atoms with Gasteiger partial charge in [-0.2, -0.15) is 0 Å². The fraction of sp³-hybridized carbons (Fsp3) is 0.385. The minimum Gasteiger partial charge on any atom is -0.493 e. The highest BCUT2D eigenvalue weighted by atomic mass is 16.6. The topological polar surface area (TPSA) is 100 Å². The number of nitrogens with two attached hydrogens (primary N) is 1. The first-order valence-corrected chi connectivity index (χ1v) is 6.10. The Hall–Kier alpha value is -2.64. The lowest BCUT2D eigenvalue weighted by atomic mass is 10.2. The number of rotatable bonds is 3. The predicted molar refractivity (Wildman–Crippen MR) is 72.9 cm³/mol. The number of anilines is 1. The summed E-state index contributed by atoms with van der Waals surface area (Å²) in [5.74, 6) is 0.888. The number of carbonyl (C=O) groups excluding carboxylic acids is 2. The maximum absolute atomic E-state index is 12.2. The summed E-state index contributed by atoms with van der Waals surface area (Å²) in [7, 11) is 4.52. The largest absolute Gasteiger partial charge is 0.493 e. The van der Waals surface area contributed by atoms with E-state index in [2.05, 4.69) is 0 Å². The number of carbonyl (C=O) groups is 2. The van der Waals surface area contributed by atoms with Crippen molar-refractivity contribution in [3.05, 3.63) is 12.1 Å². The Morgan fingerprint density at radius 3 is 2.52 bits per heavy atom. The van der Waals surface area contributed by atoms with E-state index in [1.807, 2.05) is 0 Å². The Morgan fingerprint density at radius 2 is 1.95 bits per heavy atom. The number of nitrogens with zero attached hydrogens (tertiary/aromatic N) is 1. The molecule has 0 aromatic heterocycles. The summed E-state index contributed by atoms with van der Waals surface area (Å²) in [4.78, 5) is 24.4. The van der Waals surface area contributed by atoms with Crippen LogP contribution in [0.3, 0.4) is 0 Å². The number of likely N-dealkylation sites (N-methyl/N-ethyl adjacent to an activating group) is 1.